The summed E-state index contributed by atoms with van der Waals surface area (Å²) < 4.78 is 57.0. The normalized spacial score (nSPS) is 14.1. The summed E-state index contributed by atoms with van der Waals surface area (Å²) in [5.41, 5.74) is 1.95. The fraction of sp³-hybridized carbons (Fsp3) is 0.417. The van der Waals surface area contributed by atoms with Gasteiger partial charge in [0.2, 0.25) is 15.9 Å². The zero-order chi connectivity index (χ0) is 24.6. The maximum atomic E-state index is 14.4. The third-order valence-corrected chi connectivity index (χ3v) is 8.40. The Hall–Kier alpha value is -2.85. The van der Waals surface area contributed by atoms with Crippen molar-refractivity contribution in [3.8, 4) is 0 Å². The zero-order valence-corrected chi connectivity index (χ0v) is 20.3. The number of carbonyl (C=O) groups is 1. The standard InChI is InChI=1S/C24H28F2N4O3S/c1-4-29(5-2)34(32,33)18-8-9-21-20(15-18)27-22(28(21)3)10-11-23(31)30-12-6-7-16-13-17(25)14-19(26)24(16)30/h8-9,13-15H,4-7,10-12H2,1-3H3. The molecule has 0 N–H and O–H groups in total. The molecule has 1 amide bonds. The van der Waals surface area contributed by atoms with Gasteiger partial charge < -0.3 is 9.47 Å². The maximum absolute atomic E-state index is 14.4. The van der Waals surface area contributed by atoms with Crippen molar-refractivity contribution in [2.24, 2.45) is 7.05 Å². The molecule has 34 heavy (non-hydrogen) atoms. The van der Waals surface area contributed by atoms with Crippen LogP contribution in [0.1, 0.15) is 38.1 Å². The molecule has 1 aromatic heterocycles. The van der Waals surface area contributed by atoms with Crippen molar-refractivity contribution < 1.29 is 22.0 Å². The van der Waals surface area contributed by atoms with Crippen molar-refractivity contribution >= 4 is 32.7 Å². The highest BCUT2D eigenvalue weighted by atomic mass is 32.2. The summed E-state index contributed by atoms with van der Waals surface area (Å²) in [4.78, 5) is 19.1. The minimum Gasteiger partial charge on any atom is -0.331 e. The van der Waals surface area contributed by atoms with Gasteiger partial charge in [0.1, 0.15) is 17.5 Å². The lowest BCUT2D eigenvalue weighted by Gasteiger charge is -2.30. The van der Waals surface area contributed by atoms with Gasteiger partial charge in [-0.2, -0.15) is 4.31 Å². The smallest absolute Gasteiger partial charge is 0.243 e. The molecule has 1 aliphatic rings. The molecule has 182 valence electrons. The van der Waals surface area contributed by atoms with Crippen molar-refractivity contribution in [3.63, 3.8) is 0 Å². The van der Waals surface area contributed by atoms with Crippen LogP contribution in [0.5, 0.6) is 0 Å². The van der Waals surface area contributed by atoms with E-state index in [0.29, 0.717) is 55.8 Å². The van der Waals surface area contributed by atoms with E-state index in [4.69, 9.17) is 0 Å². The second kappa shape index (κ2) is 9.42. The van der Waals surface area contributed by atoms with Gasteiger partial charge in [0.15, 0.2) is 0 Å². The Labute approximate surface area is 198 Å². The number of imidazole rings is 1. The maximum Gasteiger partial charge on any atom is 0.243 e. The second-order valence-corrected chi connectivity index (χ2v) is 10.3. The minimum atomic E-state index is -3.61. The molecule has 1 aliphatic heterocycles. The van der Waals surface area contributed by atoms with E-state index in [2.05, 4.69) is 4.98 Å². The number of amides is 1. The van der Waals surface area contributed by atoms with E-state index in [-0.39, 0.29) is 22.9 Å². The molecule has 10 heteroatoms. The van der Waals surface area contributed by atoms with Crippen LogP contribution in [0.25, 0.3) is 11.0 Å². The van der Waals surface area contributed by atoms with E-state index < -0.39 is 21.7 Å². The van der Waals surface area contributed by atoms with E-state index in [9.17, 15) is 22.0 Å². The number of hydrogen-bond acceptors (Lipinski definition) is 4. The van der Waals surface area contributed by atoms with E-state index >= 15 is 0 Å². The molecule has 0 radical (unpaired) electrons. The van der Waals surface area contributed by atoms with Crippen LogP contribution in [0.15, 0.2) is 35.2 Å². The first kappa shape index (κ1) is 24.3. The molecule has 0 saturated carbocycles. The molecule has 0 bridgehead atoms. The van der Waals surface area contributed by atoms with Crippen molar-refractivity contribution in [3.05, 3.63) is 53.4 Å². The summed E-state index contributed by atoms with van der Waals surface area (Å²) in [7, 11) is -1.80. The molecule has 0 spiro atoms. The third-order valence-electron chi connectivity index (χ3n) is 6.36. The fourth-order valence-electron chi connectivity index (χ4n) is 4.58. The molecule has 3 aromatic rings. The van der Waals surface area contributed by atoms with Gasteiger partial charge >= 0.3 is 0 Å². The Kier molecular flexibility index (Phi) is 6.73. The lowest BCUT2D eigenvalue weighted by Crippen LogP contribution is -2.36. The van der Waals surface area contributed by atoms with Gasteiger partial charge in [0.05, 0.1) is 21.6 Å². The van der Waals surface area contributed by atoms with Gasteiger partial charge in [-0.05, 0) is 42.7 Å². The summed E-state index contributed by atoms with van der Waals surface area (Å²) in [5, 5.41) is 0. The first-order chi connectivity index (χ1) is 16.2. The summed E-state index contributed by atoms with van der Waals surface area (Å²) in [6.45, 7) is 4.71. The summed E-state index contributed by atoms with van der Waals surface area (Å²) in [5.74, 6) is -1.01. The Morgan fingerprint density at radius 3 is 2.59 bits per heavy atom. The molecule has 0 atom stereocenters. The number of halogens is 2. The number of aromatic nitrogens is 2. The van der Waals surface area contributed by atoms with Gasteiger partial charge in [-0.25, -0.2) is 22.2 Å². The molecule has 0 saturated heterocycles. The zero-order valence-electron chi connectivity index (χ0n) is 19.5. The highest BCUT2D eigenvalue weighted by Gasteiger charge is 2.27. The number of fused-ring (bicyclic) bond motifs is 2. The quantitative estimate of drug-likeness (QED) is 0.505. The Morgan fingerprint density at radius 1 is 1.15 bits per heavy atom. The van der Waals surface area contributed by atoms with Gasteiger partial charge in [-0.1, -0.05) is 13.8 Å². The SMILES string of the molecule is CCN(CC)S(=O)(=O)c1ccc2c(c1)nc(CCC(=O)N1CCCc3cc(F)cc(F)c31)n2C. The Balaban J connectivity index is 1.56. The van der Waals surface area contributed by atoms with Crippen LogP contribution in [-0.2, 0) is 34.7 Å². The molecular weight excluding hydrogens is 462 g/mol. The summed E-state index contributed by atoms with van der Waals surface area (Å²) >= 11 is 0. The number of nitrogens with zero attached hydrogens (tertiary/aromatic N) is 4. The first-order valence-corrected chi connectivity index (χ1v) is 12.8. The van der Waals surface area contributed by atoms with Crippen LogP contribution >= 0.6 is 0 Å². The predicted octanol–water partition coefficient (Wildman–Crippen LogP) is 3.79. The van der Waals surface area contributed by atoms with Crippen molar-refractivity contribution in [1.29, 1.82) is 0 Å². The topological polar surface area (TPSA) is 75.5 Å². The lowest BCUT2D eigenvalue weighted by atomic mass is 10.0. The highest BCUT2D eigenvalue weighted by Crippen LogP contribution is 2.32. The van der Waals surface area contributed by atoms with Gasteiger partial charge in [-0.3, -0.25) is 4.79 Å². The van der Waals surface area contributed by atoms with E-state index in [1.807, 2.05) is 11.6 Å². The molecule has 0 fully saturated rings. The molecule has 4 rings (SSSR count). The molecule has 2 aromatic carbocycles. The number of anilines is 1. The van der Waals surface area contributed by atoms with Gasteiger partial charge in [0, 0.05) is 45.6 Å². The van der Waals surface area contributed by atoms with E-state index in [0.717, 1.165) is 11.6 Å². The van der Waals surface area contributed by atoms with Crippen molar-refractivity contribution in [1.82, 2.24) is 13.9 Å². The number of rotatable bonds is 7. The van der Waals surface area contributed by atoms with Crippen LogP contribution in [0.2, 0.25) is 0 Å². The number of carbonyl (C=O) groups excluding carboxylic acids is 1. The monoisotopic (exact) mass is 490 g/mol. The highest BCUT2D eigenvalue weighted by molar-refractivity contribution is 7.89. The number of sulfonamides is 1. The second-order valence-electron chi connectivity index (χ2n) is 8.37. The molecule has 0 aliphatic carbocycles. The van der Waals surface area contributed by atoms with Crippen LogP contribution in [-0.4, -0.2) is 47.8 Å². The van der Waals surface area contributed by atoms with Gasteiger partial charge in [0.25, 0.3) is 0 Å². The first-order valence-electron chi connectivity index (χ1n) is 11.4. The van der Waals surface area contributed by atoms with Crippen molar-refractivity contribution in [2.75, 3.05) is 24.5 Å². The Bertz CT molecular complexity index is 1350. The molecular formula is C24H28F2N4O3S. The number of aryl methyl sites for hydroxylation is 3. The minimum absolute atomic E-state index is 0.0953. The molecule has 0 unspecified atom stereocenters. The molecule has 2 heterocycles. The number of hydrogen-bond donors (Lipinski definition) is 0. The average molecular weight is 491 g/mol. The average Bonchev–Trinajstić information content (AvgIpc) is 3.12. The van der Waals surface area contributed by atoms with Crippen LogP contribution in [0, 0.1) is 11.6 Å². The predicted molar refractivity (Wildman–Crippen MR) is 126 cm³/mol. The van der Waals surface area contributed by atoms with Crippen LogP contribution < -0.4 is 4.90 Å². The fourth-order valence-corrected chi connectivity index (χ4v) is 6.06. The molecule has 7 nitrogen and oxygen atoms in total. The summed E-state index contributed by atoms with van der Waals surface area (Å²) in [6.07, 6.45) is 1.56. The van der Waals surface area contributed by atoms with Crippen molar-refractivity contribution in [2.45, 2.75) is 44.4 Å². The largest absolute Gasteiger partial charge is 0.331 e. The van der Waals surface area contributed by atoms with E-state index in [1.54, 1.807) is 32.0 Å². The van der Waals surface area contributed by atoms with Crippen LogP contribution in [0.3, 0.4) is 0 Å². The summed E-state index contributed by atoms with van der Waals surface area (Å²) in [6, 6.07) is 6.93. The lowest BCUT2D eigenvalue weighted by molar-refractivity contribution is -0.118. The third kappa shape index (κ3) is 4.32. The van der Waals surface area contributed by atoms with Crippen LogP contribution in [0.4, 0.5) is 14.5 Å². The van der Waals surface area contributed by atoms with Gasteiger partial charge in [-0.15, -0.1) is 0 Å². The number of benzene rings is 2. The Morgan fingerprint density at radius 2 is 1.88 bits per heavy atom. The van der Waals surface area contributed by atoms with E-state index in [1.165, 1.54) is 15.3 Å².